The molecule has 7 heteroatoms. The fraction of sp³-hybridized carbons (Fsp3) is 0.517. The minimum absolute atomic E-state index is 0.0736. The summed E-state index contributed by atoms with van der Waals surface area (Å²) in [5, 5.41) is 17.5. The number of amides is 2. The lowest BCUT2D eigenvalue weighted by molar-refractivity contribution is -0.139. The molecule has 0 fully saturated rings. The molecule has 0 aliphatic carbocycles. The first kappa shape index (κ1) is 27.7. The number of hydrogen-bond acceptors (Lipinski definition) is 5. The molecule has 0 radical (unpaired) electrons. The van der Waals surface area contributed by atoms with Crippen LogP contribution < -0.4 is 15.4 Å². The SMILES string of the molecule is CC(C)c1cccc(CNC[C@@H](O)[C@@H]2Cc3cccc(c3)OCCCCC(=O)N(C)[C@@H](C)C(=O)N2)c1. The summed E-state index contributed by atoms with van der Waals surface area (Å²) in [6.45, 7) is 7.52. The van der Waals surface area contributed by atoms with Gasteiger partial charge in [0.1, 0.15) is 11.8 Å². The topological polar surface area (TPSA) is 90.9 Å². The summed E-state index contributed by atoms with van der Waals surface area (Å²) in [6.07, 6.45) is 1.45. The normalized spacial score (nSPS) is 20.8. The van der Waals surface area contributed by atoms with Crippen molar-refractivity contribution in [3.05, 3.63) is 65.2 Å². The van der Waals surface area contributed by atoms with Gasteiger partial charge in [-0.3, -0.25) is 9.59 Å². The molecule has 36 heavy (non-hydrogen) atoms. The first-order chi connectivity index (χ1) is 17.2. The first-order valence-electron chi connectivity index (χ1n) is 13.0. The number of fused-ring (bicyclic) bond motifs is 2. The molecule has 1 aliphatic rings. The minimum Gasteiger partial charge on any atom is -0.494 e. The molecule has 0 unspecified atom stereocenters. The van der Waals surface area contributed by atoms with Gasteiger partial charge in [0.25, 0.3) is 0 Å². The van der Waals surface area contributed by atoms with E-state index in [4.69, 9.17) is 4.74 Å². The summed E-state index contributed by atoms with van der Waals surface area (Å²) in [7, 11) is 1.66. The van der Waals surface area contributed by atoms with Crippen LogP contribution in [0.5, 0.6) is 5.75 Å². The van der Waals surface area contributed by atoms with Gasteiger partial charge < -0.3 is 25.4 Å². The highest BCUT2D eigenvalue weighted by molar-refractivity contribution is 5.87. The Kier molecular flexibility index (Phi) is 10.3. The predicted molar refractivity (Wildman–Crippen MR) is 142 cm³/mol. The number of carbonyl (C=O) groups excluding carboxylic acids is 2. The second-order valence-corrected chi connectivity index (χ2v) is 10.1. The Bertz CT molecular complexity index is 1010. The van der Waals surface area contributed by atoms with Gasteiger partial charge in [-0.15, -0.1) is 0 Å². The molecular weight excluding hydrogens is 454 g/mol. The van der Waals surface area contributed by atoms with Crippen molar-refractivity contribution in [3.63, 3.8) is 0 Å². The predicted octanol–water partition coefficient (Wildman–Crippen LogP) is 3.40. The fourth-order valence-electron chi connectivity index (χ4n) is 4.31. The molecule has 3 rings (SSSR count). The highest BCUT2D eigenvalue weighted by Crippen LogP contribution is 2.18. The van der Waals surface area contributed by atoms with Crippen LogP contribution in [0.3, 0.4) is 0 Å². The number of nitrogens with one attached hydrogen (secondary N) is 2. The minimum atomic E-state index is -0.823. The van der Waals surface area contributed by atoms with Gasteiger partial charge in [0, 0.05) is 26.6 Å². The third kappa shape index (κ3) is 8.07. The van der Waals surface area contributed by atoms with E-state index >= 15 is 0 Å². The van der Waals surface area contributed by atoms with E-state index in [1.165, 1.54) is 10.5 Å². The Labute approximate surface area is 215 Å². The summed E-state index contributed by atoms with van der Waals surface area (Å²) in [5.74, 6) is 0.853. The van der Waals surface area contributed by atoms with Crippen LogP contribution >= 0.6 is 0 Å². The molecule has 2 aromatic carbocycles. The maximum absolute atomic E-state index is 13.1. The summed E-state index contributed by atoms with van der Waals surface area (Å²) in [5.41, 5.74) is 3.39. The molecule has 1 aliphatic heterocycles. The molecule has 2 amide bonds. The van der Waals surface area contributed by atoms with Crippen LogP contribution in [0, 0.1) is 0 Å². The number of hydrogen-bond donors (Lipinski definition) is 3. The highest BCUT2D eigenvalue weighted by Gasteiger charge is 2.27. The molecule has 7 nitrogen and oxygen atoms in total. The van der Waals surface area contributed by atoms with Crippen molar-refractivity contribution in [1.29, 1.82) is 0 Å². The van der Waals surface area contributed by atoms with E-state index in [1.54, 1.807) is 14.0 Å². The van der Waals surface area contributed by atoms with Crippen molar-refractivity contribution in [2.45, 2.75) is 77.1 Å². The smallest absolute Gasteiger partial charge is 0.242 e. The molecule has 196 valence electrons. The van der Waals surface area contributed by atoms with Crippen molar-refractivity contribution in [1.82, 2.24) is 15.5 Å². The number of aliphatic hydroxyl groups is 1. The molecular formula is C29H41N3O4. The summed E-state index contributed by atoms with van der Waals surface area (Å²) in [4.78, 5) is 27.1. The van der Waals surface area contributed by atoms with E-state index in [2.05, 4.69) is 48.7 Å². The highest BCUT2D eigenvalue weighted by atomic mass is 16.5. The molecule has 3 atom stereocenters. The summed E-state index contributed by atoms with van der Waals surface area (Å²) < 4.78 is 5.88. The maximum Gasteiger partial charge on any atom is 0.242 e. The molecule has 0 spiro atoms. The lowest BCUT2D eigenvalue weighted by Crippen LogP contribution is -2.54. The average Bonchev–Trinajstić information content (AvgIpc) is 2.87. The Morgan fingerprint density at radius 2 is 1.92 bits per heavy atom. The molecule has 2 aromatic rings. The fourth-order valence-corrected chi connectivity index (χ4v) is 4.31. The third-order valence-corrected chi connectivity index (χ3v) is 6.85. The van der Waals surface area contributed by atoms with Gasteiger partial charge in [-0.05, 0) is 60.9 Å². The quantitative estimate of drug-likeness (QED) is 0.572. The van der Waals surface area contributed by atoms with Crippen LogP contribution in [-0.4, -0.2) is 60.2 Å². The van der Waals surface area contributed by atoms with E-state index in [9.17, 15) is 14.7 Å². The number of aliphatic hydroxyl groups excluding tert-OH is 1. The van der Waals surface area contributed by atoms with Crippen LogP contribution in [0.2, 0.25) is 0 Å². The molecule has 2 bridgehead atoms. The number of benzene rings is 2. The zero-order valence-electron chi connectivity index (χ0n) is 22.0. The van der Waals surface area contributed by atoms with Gasteiger partial charge in [-0.2, -0.15) is 0 Å². The van der Waals surface area contributed by atoms with Crippen molar-refractivity contribution in [3.8, 4) is 5.75 Å². The number of rotatable bonds is 6. The van der Waals surface area contributed by atoms with Crippen LogP contribution in [0.1, 0.15) is 62.6 Å². The van der Waals surface area contributed by atoms with Crippen molar-refractivity contribution < 1.29 is 19.4 Å². The van der Waals surface area contributed by atoms with Gasteiger partial charge in [0.2, 0.25) is 11.8 Å². The third-order valence-electron chi connectivity index (χ3n) is 6.85. The van der Waals surface area contributed by atoms with E-state index in [1.807, 2.05) is 24.3 Å². The number of ether oxygens (including phenoxy) is 1. The maximum atomic E-state index is 13.1. The van der Waals surface area contributed by atoms with E-state index in [-0.39, 0.29) is 11.8 Å². The van der Waals surface area contributed by atoms with Gasteiger partial charge >= 0.3 is 0 Å². The molecule has 3 N–H and O–H groups in total. The molecule has 0 saturated heterocycles. The zero-order valence-corrected chi connectivity index (χ0v) is 22.0. The van der Waals surface area contributed by atoms with Gasteiger partial charge in [-0.25, -0.2) is 0 Å². The van der Waals surface area contributed by atoms with Crippen molar-refractivity contribution in [2.75, 3.05) is 20.2 Å². The molecule has 0 saturated carbocycles. The number of nitrogens with zero attached hydrogens (tertiary/aromatic N) is 1. The Morgan fingerprint density at radius 1 is 1.14 bits per heavy atom. The van der Waals surface area contributed by atoms with E-state index in [0.29, 0.717) is 44.9 Å². The van der Waals surface area contributed by atoms with E-state index in [0.717, 1.165) is 23.3 Å². The Morgan fingerprint density at radius 3 is 2.69 bits per heavy atom. The zero-order chi connectivity index (χ0) is 26.1. The monoisotopic (exact) mass is 495 g/mol. The average molecular weight is 496 g/mol. The molecule has 1 heterocycles. The van der Waals surface area contributed by atoms with Crippen LogP contribution in [0.4, 0.5) is 0 Å². The second kappa shape index (κ2) is 13.4. The van der Waals surface area contributed by atoms with Crippen molar-refractivity contribution in [2.24, 2.45) is 0 Å². The van der Waals surface area contributed by atoms with Crippen molar-refractivity contribution >= 4 is 11.8 Å². The molecule has 0 aromatic heterocycles. The van der Waals surface area contributed by atoms with E-state index < -0.39 is 18.2 Å². The van der Waals surface area contributed by atoms with Gasteiger partial charge in [-0.1, -0.05) is 50.2 Å². The lowest BCUT2D eigenvalue weighted by atomic mass is 9.99. The number of carbonyl (C=O) groups is 2. The summed E-state index contributed by atoms with van der Waals surface area (Å²) >= 11 is 0. The van der Waals surface area contributed by atoms with Crippen LogP contribution in [0.15, 0.2) is 48.5 Å². The van der Waals surface area contributed by atoms with Crippen LogP contribution in [-0.2, 0) is 22.6 Å². The van der Waals surface area contributed by atoms with Gasteiger partial charge in [0.15, 0.2) is 0 Å². The largest absolute Gasteiger partial charge is 0.494 e. The number of likely N-dealkylation sites (N-methyl/N-ethyl adjacent to an activating group) is 1. The van der Waals surface area contributed by atoms with Crippen LogP contribution in [0.25, 0.3) is 0 Å². The Hall–Kier alpha value is -2.90. The standard InChI is InChI=1S/C29H41N3O4/c1-20(2)24-11-7-10-23(15-24)18-30-19-27(33)26-17-22-9-8-12-25(16-22)36-14-6-5-13-28(34)32(4)21(3)29(35)31-26/h7-12,15-16,20-21,26-27,30,33H,5-6,13-14,17-19H2,1-4H3,(H,31,35)/t21-,26-,27+/m0/s1. The second-order valence-electron chi connectivity index (χ2n) is 10.1. The Balaban J connectivity index is 1.72. The first-order valence-corrected chi connectivity index (χ1v) is 13.0. The summed E-state index contributed by atoms with van der Waals surface area (Å²) in [6, 6.07) is 15.0. The van der Waals surface area contributed by atoms with Gasteiger partial charge in [0.05, 0.1) is 18.8 Å². The lowest BCUT2D eigenvalue weighted by Gasteiger charge is -2.29.